The van der Waals surface area contributed by atoms with Gasteiger partial charge in [-0.3, -0.25) is 14.4 Å². The molecule has 0 fully saturated rings. The fraction of sp³-hybridized carbons (Fsp3) is 0.400. The number of hydrogen-bond donors (Lipinski definition) is 8. The quantitative estimate of drug-likeness (QED) is 0.186. The number of nitrogens with two attached hydrogens (primary N) is 1. The number of nitrogens with one attached hydrogen (secondary N) is 4. The lowest BCUT2D eigenvalue weighted by Crippen LogP contribution is -2.57. The molecule has 4 atom stereocenters. The summed E-state index contributed by atoms with van der Waals surface area (Å²) in [7, 11) is 0. The van der Waals surface area contributed by atoms with Crippen molar-refractivity contribution in [2.75, 3.05) is 12.4 Å². The zero-order valence-corrected chi connectivity index (χ0v) is 18.3. The predicted octanol–water partition coefficient (Wildman–Crippen LogP) is -1.48. The summed E-state index contributed by atoms with van der Waals surface area (Å²) >= 11 is 4.06. The number of fused-ring (bicyclic) bond motifs is 1. The van der Waals surface area contributed by atoms with Crippen LogP contribution in [0, 0.1) is 0 Å². The van der Waals surface area contributed by atoms with Crippen LogP contribution in [0.1, 0.15) is 12.5 Å². The highest BCUT2D eigenvalue weighted by molar-refractivity contribution is 7.80. The van der Waals surface area contributed by atoms with Gasteiger partial charge in [-0.05, 0) is 18.6 Å². The first-order valence-electron chi connectivity index (χ1n) is 9.84. The van der Waals surface area contributed by atoms with Crippen molar-refractivity contribution in [3.05, 3.63) is 36.0 Å². The Morgan fingerprint density at radius 1 is 1.06 bits per heavy atom. The van der Waals surface area contributed by atoms with Crippen LogP contribution >= 0.6 is 12.6 Å². The van der Waals surface area contributed by atoms with Gasteiger partial charge in [0.25, 0.3) is 0 Å². The molecular weight excluding hydrogens is 438 g/mol. The average Bonchev–Trinajstić information content (AvgIpc) is 3.18. The molecule has 0 spiro atoms. The Kier molecular flexibility index (Phi) is 9.05. The largest absolute Gasteiger partial charge is 0.480 e. The van der Waals surface area contributed by atoms with E-state index in [4.69, 9.17) is 10.8 Å². The maximum absolute atomic E-state index is 12.6. The standard InChI is InChI=1S/C20H27N5O6S/c1-10(23-18(28)13(21)8-26)17(27)25-16(9-32)19(29)24-15(20(30)31)6-11-7-22-14-5-3-2-4-12(11)14/h2-5,7,10,13,15-16,22,26,32H,6,8-9,21H2,1H3,(H,23,28)(H,24,29)(H,25,27)(H,30,31). The molecule has 0 saturated carbocycles. The molecule has 0 aliphatic carbocycles. The minimum Gasteiger partial charge on any atom is -0.480 e. The van der Waals surface area contributed by atoms with Crippen LogP contribution in [-0.2, 0) is 25.6 Å². The second-order valence-electron chi connectivity index (χ2n) is 7.23. The molecule has 174 valence electrons. The van der Waals surface area contributed by atoms with E-state index >= 15 is 0 Å². The number of carbonyl (C=O) groups excluding carboxylic acids is 3. The summed E-state index contributed by atoms with van der Waals surface area (Å²) in [5, 5.41) is 26.5. The van der Waals surface area contributed by atoms with Crippen molar-refractivity contribution in [1.29, 1.82) is 0 Å². The zero-order chi connectivity index (χ0) is 23.8. The zero-order valence-electron chi connectivity index (χ0n) is 17.4. The Morgan fingerprint density at radius 2 is 1.72 bits per heavy atom. The number of H-pyrrole nitrogens is 1. The monoisotopic (exact) mass is 465 g/mol. The van der Waals surface area contributed by atoms with E-state index in [1.807, 2.05) is 24.3 Å². The molecule has 0 saturated heterocycles. The number of aromatic amines is 1. The van der Waals surface area contributed by atoms with Crippen molar-refractivity contribution in [3.8, 4) is 0 Å². The van der Waals surface area contributed by atoms with Crippen LogP contribution in [0.3, 0.4) is 0 Å². The third-order valence-corrected chi connectivity index (χ3v) is 5.18. The van der Waals surface area contributed by atoms with Gasteiger partial charge in [-0.25, -0.2) is 4.79 Å². The summed E-state index contributed by atoms with van der Waals surface area (Å²) in [6.45, 7) is 0.788. The van der Waals surface area contributed by atoms with Gasteiger partial charge in [0, 0.05) is 29.3 Å². The van der Waals surface area contributed by atoms with Gasteiger partial charge in [0.2, 0.25) is 17.7 Å². The number of carbonyl (C=O) groups is 4. The predicted molar refractivity (Wildman–Crippen MR) is 120 cm³/mol. The summed E-state index contributed by atoms with van der Waals surface area (Å²) in [5.74, 6) is -3.49. The van der Waals surface area contributed by atoms with E-state index in [0.29, 0.717) is 0 Å². The summed E-state index contributed by atoms with van der Waals surface area (Å²) in [5.41, 5.74) is 6.95. The second kappa shape index (κ2) is 11.5. The molecule has 1 heterocycles. The minimum atomic E-state index is -1.24. The molecule has 8 N–H and O–H groups in total. The molecular formula is C20H27N5O6S. The van der Waals surface area contributed by atoms with E-state index in [0.717, 1.165) is 16.5 Å². The number of benzene rings is 1. The van der Waals surface area contributed by atoms with Gasteiger partial charge < -0.3 is 36.9 Å². The number of carboxylic acid groups (broad SMARTS) is 1. The normalized spacial score (nSPS) is 14.8. The fourth-order valence-electron chi connectivity index (χ4n) is 2.95. The topological polar surface area (TPSA) is 187 Å². The number of hydrogen-bond acceptors (Lipinski definition) is 7. The van der Waals surface area contributed by atoms with E-state index in [-0.39, 0.29) is 12.2 Å². The van der Waals surface area contributed by atoms with Gasteiger partial charge in [0.15, 0.2) is 0 Å². The Hall–Kier alpha value is -3.09. The number of carboxylic acids is 1. The molecule has 2 aromatic rings. The Bertz CT molecular complexity index is 980. The summed E-state index contributed by atoms with van der Waals surface area (Å²) in [4.78, 5) is 51.4. The molecule has 1 aromatic heterocycles. The summed E-state index contributed by atoms with van der Waals surface area (Å²) in [6.07, 6.45) is 1.72. The highest BCUT2D eigenvalue weighted by Gasteiger charge is 2.28. The van der Waals surface area contributed by atoms with Crippen molar-refractivity contribution in [3.63, 3.8) is 0 Å². The van der Waals surface area contributed by atoms with Crippen molar-refractivity contribution in [2.45, 2.75) is 37.5 Å². The number of aliphatic hydroxyl groups is 1. The highest BCUT2D eigenvalue weighted by Crippen LogP contribution is 2.19. The molecule has 0 aliphatic rings. The van der Waals surface area contributed by atoms with Crippen LogP contribution < -0.4 is 21.7 Å². The van der Waals surface area contributed by atoms with Gasteiger partial charge in [-0.15, -0.1) is 0 Å². The SMILES string of the molecule is CC(NC(=O)C(N)CO)C(=O)NC(CS)C(=O)NC(Cc1c[nH]c2ccccc12)C(=O)O. The maximum atomic E-state index is 12.6. The fourth-order valence-corrected chi connectivity index (χ4v) is 3.21. The average molecular weight is 466 g/mol. The van der Waals surface area contributed by atoms with Crippen LogP contribution in [0.4, 0.5) is 0 Å². The molecule has 1 aromatic carbocycles. The second-order valence-corrected chi connectivity index (χ2v) is 7.59. The Balaban J connectivity index is 2.02. The van der Waals surface area contributed by atoms with E-state index in [1.54, 1.807) is 6.20 Å². The van der Waals surface area contributed by atoms with Crippen LogP contribution in [0.25, 0.3) is 10.9 Å². The molecule has 4 unspecified atom stereocenters. The Labute approximate surface area is 189 Å². The number of thiol groups is 1. The lowest BCUT2D eigenvalue weighted by atomic mass is 10.0. The molecule has 3 amide bonds. The van der Waals surface area contributed by atoms with Crippen LogP contribution in [0.2, 0.25) is 0 Å². The van der Waals surface area contributed by atoms with E-state index in [2.05, 4.69) is 33.6 Å². The van der Waals surface area contributed by atoms with Crippen LogP contribution in [0.5, 0.6) is 0 Å². The van der Waals surface area contributed by atoms with Gasteiger partial charge >= 0.3 is 5.97 Å². The smallest absolute Gasteiger partial charge is 0.326 e. The van der Waals surface area contributed by atoms with Crippen molar-refractivity contribution >= 4 is 47.2 Å². The lowest BCUT2D eigenvalue weighted by molar-refractivity contribution is -0.142. The number of aliphatic hydroxyl groups excluding tert-OH is 1. The molecule has 0 aliphatic heterocycles. The third kappa shape index (κ3) is 6.45. The van der Waals surface area contributed by atoms with E-state index < -0.39 is 54.5 Å². The van der Waals surface area contributed by atoms with Crippen LogP contribution in [-0.4, -0.2) is 75.4 Å². The molecule has 2 rings (SSSR count). The number of para-hydroxylation sites is 1. The maximum Gasteiger partial charge on any atom is 0.326 e. The number of aromatic nitrogens is 1. The molecule has 0 radical (unpaired) electrons. The third-order valence-electron chi connectivity index (χ3n) is 4.81. The Morgan fingerprint density at radius 3 is 2.34 bits per heavy atom. The van der Waals surface area contributed by atoms with Gasteiger partial charge in [0.05, 0.1) is 6.61 Å². The van der Waals surface area contributed by atoms with Crippen molar-refractivity contribution in [2.24, 2.45) is 5.73 Å². The highest BCUT2D eigenvalue weighted by atomic mass is 32.1. The van der Waals surface area contributed by atoms with Gasteiger partial charge in [-0.2, -0.15) is 12.6 Å². The first-order valence-corrected chi connectivity index (χ1v) is 10.5. The number of rotatable bonds is 11. The number of aliphatic carboxylic acids is 1. The van der Waals surface area contributed by atoms with Crippen LogP contribution in [0.15, 0.2) is 30.5 Å². The summed E-state index contributed by atoms with van der Waals surface area (Å²) < 4.78 is 0. The lowest BCUT2D eigenvalue weighted by Gasteiger charge is -2.22. The number of amides is 3. The summed E-state index contributed by atoms with van der Waals surface area (Å²) in [6, 6.07) is 2.77. The van der Waals surface area contributed by atoms with E-state index in [1.165, 1.54) is 6.92 Å². The van der Waals surface area contributed by atoms with E-state index in [9.17, 15) is 24.3 Å². The molecule has 12 heteroatoms. The first-order chi connectivity index (χ1) is 15.2. The van der Waals surface area contributed by atoms with Crippen molar-refractivity contribution < 1.29 is 29.4 Å². The van der Waals surface area contributed by atoms with Crippen molar-refractivity contribution in [1.82, 2.24) is 20.9 Å². The van der Waals surface area contributed by atoms with Gasteiger partial charge in [-0.1, -0.05) is 18.2 Å². The minimum absolute atomic E-state index is 0.0316. The molecule has 32 heavy (non-hydrogen) atoms. The molecule has 11 nitrogen and oxygen atoms in total. The first kappa shape index (κ1) is 25.2. The van der Waals surface area contributed by atoms with Gasteiger partial charge in [0.1, 0.15) is 24.2 Å². The molecule has 0 bridgehead atoms.